The molecule has 2 fully saturated rings. The van der Waals surface area contributed by atoms with E-state index in [9.17, 15) is 32.4 Å². The molecule has 8 nitrogen and oxygen atoms in total. The van der Waals surface area contributed by atoms with Crippen molar-refractivity contribution in [1.29, 1.82) is 5.26 Å². The zero-order valence-corrected chi connectivity index (χ0v) is 20.6. The molecule has 198 valence electrons. The summed E-state index contributed by atoms with van der Waals surface area (Å²) < 4.78 is 59.7. The molecule has 1 N–H and O–H groups in total. The number of benzene rings is 1. The molecular weight excluding hydrogens is 494 g/mol. The lowest BCUT2D eigenvalue weighted by molar-refractivity contribution is -0.137. The van der Waals surface area contributed by atoms with Crippen LogP contribution in [0.5, 0.6) is 0 Å². The molecule has 0 spiro atoms. The summed E-state index contributed by atoms with van der Waals surface area (Å²) in [5, 5.41) is 15.9. The summed E-state index contributed by atoms with van der Waals surface area (Å²) in [4.78, 5) is 27.4. The molecule has 0 radical (unpaired) electrons. The molecule has 4 atom stereocenters. The van der Waals surface area contributed by atoms with Crippen molar-refractivity contribution >= 4 is 12.0 Å². The quantitative estimate of drug-likeness (QED) is 0.589. The maximum Gasteiger partial charge on any atom is 0.419 e. The number of rotatable bonds is 5. The van der Waals surface area contributed by atoms with E-state index in [4.69, 9.17) is 4.74 Å². The van der Waals surface area contributed by atoms with E-state index in [2.05, 4.69) is 10.4 Å². The molecule has 37 heavy (non-hydrogen) atoms. The van der Waals surface area contributed by atoms with Gasteiger partial charge in [-0.05, 0) is 63.6 Å². The Kier molecular flexibility index (Phi) is 6.92. The predicted octanol–water partition coefficient (Wildman–Crippen LogP) is 4.37. The summed E-state index contributed by atoms with van der Waals surface area (Å²) in [6.07, 6.45) is -1.72. The highest BCUT2D eigenvalue weighted by Gasteiger charge is 2.52. The van der Waals surface area contributed by atoms with E-state index in [1.54, 1.807) is 20.8 Å². The van der Waals surface area contributed by atoms with Gasteiger partial charge in [0.2, 0.25) is 5.91 Å². The number of likely N-dealkylation sites (tertiary alicyclic amines) is 1. The maximum atomic E-state index is 14.8. The standard InChI is InChI=1S/C25H27F4N5O3/c1-24(2,3)37-23(36)34-19-7-5-15(9-19)21(34)22(35)32-17(11-30)8-14-4-6-18(10-20(14)26)33-13-16(12-31-33)25(27,28)29/h4,6,10,12-13,15,17,19,21H,5,7-9H2,1-3H3,(H,32,35)/t15-,17-,19+,21-/m0/s1. The molecule has 2 amide bonds. The van der Waals surface area contributed by atoms with Gasteiger partial charge in [-0.2, -0.15) is 23.5 Å². The van der Waals surface area contributed by atoms with E-state index >= 15 is 0 Å². The Morgan fingerprint density at radius 3 is 2.59 bits per heavy atom. The summed E-state index contributed by atoms with van der Waals surface area (Å²) in [5.74, 6) is -1.31. The van der Waals surface area contributed by atoms with Gasteiger partial charge < -0.3 is 10.1 Å². The van der Waals surface area contributed by atoms with E-state index in [-0.39, 0.29) is 29.6 Å². The third-order valence-electron chi connectivity index (χ3n) is 6.57. The summed E-state index contributed by atoms with van der Waals surface area (Å²) >= 11 is 0. The Hall–Kier alpha value is -3.62. The van der Waals surface area contributed by atoms with Crippen LogP contribution in [0.15, 0.2) is 30.6 Å². The molecule has 1 aliphatic carbocycles. The predicted molar refractivity (Wildman–Crippen MR) is 123 cm³/mol. The monoisotopic (exact) mass is 521 g/mol. The van der Waals surface area contributed by atoms with E-state index in [0.29, 0.717) is 12.6 Å². The minimum Gasteiger partial charge on any atom is -0.444 e. The number of piperidine rings is 1. The molecule has 2 heterocycles. The number of nitrogens with one attached hydrogen (secondary N) is 1. The molecule has 1 saturated heterocycles. The first-order valence-corrected chi connectivity index (χ1v) is 11.9. The van der Waals surface area contributed by atoms with Crippen LogP contribution in [-0.2, 0) is 22.1 Å². The van der Waals surface area contributed by atoms with Gasteiger partial charge in [-0.1, -0.05) is 6.07 Å². The average Bonchev–Trinajstić information content (AvgIpc) is 3.54. The number of amides is 2. The van der Waals surface area contributed by atoms with Crippen LogP contribution >= 0.6 is 0 Å². The lowest BCUT2D eigenvalue weighted by atomic mass is 9.97. The summed E-state index contributed by atoms with van der Waals surface area (Å²) in [5.41, 5.74) is -1.53. The van der Waals surface area contributed by atoms with Crippen LogP contribution < -0.4 is 5.32 Å². The molecule has 2 bridgehead atoms. The molecule has 0 unspecified atom stereocenters. The number of halogens is 4. The molecule has 1 saturated carbocycles. The fourth-order valence-corrected chi connectivity index (χ4v) is 4.96. The van der Waals surface area contributed by atoms with Gasteiger partial charge in [0.15, 0.2) is 0 Å². The van der Waals surface area contributed by atoms with E-state index in [1.807, 2.05) is 6.07 Å². The van der Waals surface area contributed by atoms with Gasteiger partial charge >= 0.3 is 12.3 Å². The summed E-state index contributed by atoms with van der Waals surface area (Å²) in [6.45, 7) is 5.21. The van der Waals surface area contributed by atoms with Crippen molar-refractivity contribution in [3.8, 4) is 11.8 Å². The third-order valence-corrected chi connectivity index (χ3v) is 6.57. The Morgan fingerprint density at radius 1 is 1.27 bits per heavy atom. The van der Waals surface area contributed by atoms with Gasteiger partial charge in [0.05, 0.1) is 23.5 Å². The lowest BCUT2D eigenvalue weighted by Gasteiger charge is -2.35. The zero-order chi connectivity index (χ0) is 27.1. The summed E-state index contributed by atoms with van der Waals surface area (Å²) in [6, 6.07) is 3.70. The fourth-order valence-electron chi connectivity index (χ4n) is 4.96. The van der Waals surface area contributed by atoms with Crippen LogP contribution in [0, 0.1) is 23.1 Å². The largest absolute Gasteiger partial charge is 0.444 e. The van der Waals surface area contributed by atoms with E-state index < -0.39 is 47.2 Å². The number of nitriles is 1. The highest BCUT2D eigenvalue weighted by Crippen LogP contribution is 2.43. The van der Waals surface area contributed by atoms with Crippen molar-refractivity contribution in [1.82, 2.24) is 20.0 Å². The molecule has 1 aliphatic heterocycles. The van der Waals surface area contributed by atoms with Crippen LogP contribution in [0.25, 0.3) is 5.69 Å². The van der Waals surface area contributed by atoms with Crippen molar-refractivity contribution in [2.45, 2.75) is 76.4 Å². The number of ether oxygens (including phenoxy) is 1. The smallest absolute Gasteiger partial charge is 0.419 e. The van der Waals surface area contributed by atoms with Crippen LogP contribution in [0.2, 0.25) is 0 Å². The minimum absolute atomic E-state index is 0.0523. The Balaban J connectivity index is 1.45. The zero-order valence-electron chi connectivity index (χ0n) is 20.6. The second-order valence-corrected chi connectivity index (χ2v) is 10.4. The number of hydrogen-bond acceptors (Lipinski definition) is 5. The first-order valence-electron chi connectivity index (χ1n) is 11.9. The SMILES string of the molecule is CC(C)(C)OC(=O)N1[C@@H]2CC[C@@H](C2)[C@H]1C(=O)N[C@H](C#N)Cc1ccc(-n2cc(C(F)(F)F)cn2)cc1F. The van der Waals surface area contributed by atoms with Crippen molar-refractivity contribution in [2.75, 3.05) is 0 Å². The second-order valence-electron chi connectivity index (χ2n) is 10.4. The molecule has 2 aromatic rings. The van der Waals surface area contributed by atoms with Gasteiger partial charge in [0.25, 0.3) is 0 Å². The Labute approximate surface area is 211 Å². The number of fused-ring (bicyclic) bond motifs is 2. The first kappa shape index (κ1) is 26.4. The third kappa shape index (κ3) is 5.70. The van der Waals surface area contributed by atoms with Gasteiger partial charge in [-0.3, -0.25) is 9.69 Å². The first-order chi connectivity index (χ1) is 17.3. The topological polar surface area (TPSA) is 100 Å². The number of alkyl halides is 3. The van der Waals surface area contributed by atoms with Crippen LogP contribution in [-0.4, -0.2) is 50.4 Å². The number of carbonyl (C=O) groups excluding carboxylic acids is 2. The van der Waals surface area contributed by atoms with E-state index in [0.717, 1.165) is 29.8 Å². The van der Waals surface area contributed by atoms with Gasteiger partial charge in [-0.15, -0.1) is 0 Å². The molecule has 12 heteroatoms. The lowest BCUT2D eigenvalue weighted by Crippen LogP contribution is -2.55. The second kappa shape index (κ2) is 9.68. The maximum absolute atomic E-state index is 14.8. The average molecular weight is 522 g/mol. The number of hydrogen-bond donors (Lipinski definition) is 1. The van der Waals surface area contributed by atoms with Crippen molar-refractivity contribution in [3.63, 3.8) is 0 Å². The minimum atomic E-state index is -4.58. The molecule has 4 rings (SSSR count). The molecule has 1 aromatic heterocycles. The van der Waals surface area contributed by atoms with Crippen LogP contribution in [0.3, 0.4) is 0 Å². The fraction of sp³-hybridized carbons (Fsp3) is 0.520. The van der Waals surface area contributed by atoms with Gasteiger partial charge in [-0.25, -0.2) is 13.9 Å². The summed E-state index contributed by atoms with van der Waals surface area (Å²) in [7, 11) is 0. The Morgan fingerprint density at radius 2 is 2.00 bits per heavy atom. The molecular formula is C25H27F4N5O3. The van der Waals surface area contributed by atoms with Crippen molar-refractivity contribution in [2.24, 2.45) is 5.92 Å². The number of aromatic nitrogens is 2. The molecule has 2 aliphatic rings. The molecule has 1 aromatic carbocycles. The van der Waals surface area contributed by atoms with Gasteiger partial charge in [0, 0.05) is 18.7 Å². The normalized spacial score (nSPS) is 22.0. The highest BCUT2D eigenvalue weighted by atomic mass is 19.4. The number of carbonyl (C=O) groups is 2. The Bertz CT molecular complexity index is 1230. The van der Waals surface area contributed by atoms with Crippen LogP contribution in [0.4, 0.5) is 22.4 Å². The van der Waals surface area contributed by atoms with Crippen LogP contribution in [0.1, 0.15) is 51.2 Å². The van der Waals surface area contributed by atoms with Crippen molar-refractivity contribution < 1.29 is 31.9 Å². The number of nitrogens with zero attached hydrogens (tertiary/aromatic N) is 4. The van der Waals surface area contributed by atoms with E-state index in [1.165, 1.54) is 17.0 Å². The van der Waals surface area contributed by atoms with Crippen molar-refractivity contribution in [3.05, 3.63) is 47.5 Å². The van der Waals surface area contributed by atoms with Gasteiger partial charge in [0.1, 0.15) is 23.5 Å². The highest BCUT2D eigenvalue weighted by molar-refractivity contribution is 5.87.